The maximum Gasteiger partial charge on any atom is 0.229 e. The van der Waals surface area contributed by atoms with E-state index in [1.54, 1.807) is 24.3 Å². The second kappa shape index (κ2) is 7.66. The zero-order valence-electron chi connectivity index (χ0n) is 15.5. The van der Waals surface area contributed by atoms with E-state index in [2.05, 4.69) is 25.8 Å². The number of nitrogens with one attached hydrogen (secondary N) is 2. The van der Waals surface area contributed by atoms with Gasteiger partial charge in [-0.1, -0.05) is 11.3 Å². The molecule has 1 amide bonds. The molecular formula is C19H26N6O2. The summed E-state index contributed by atoms with van der Waals surface area (Å²) in [4.78, 5) is 15.2. The number of phenols is 1. The second-order valence-electron chi connectivity index (χ2n) is 7.54. The first-order valence-electron chi connectivity index (χ1n) is 9.50. The smallest absolute Gasteiger partial charge is 0.229 e. The molecule has 8 heteroatoms. The maximum atomic E-state index is 12.8. The Kier molecular flexibility index (Phi) is 5.09. The molecule has 4 atom stereocenters. The molecule has 27 heavy (non-hydrogen) atoms. The highest BCUT2D eigenvalue weighted by Crippen LogP contribution is 2.37. The lowest BCUT2D eigenvalue weighted by Gasteiger charge is -2.49. The highest BCUT2D eigenvalue weighted by molar-refractivity contribution is 5.93. The van der Waals surface area contributed by atoms with Crippen LogP contribution in [0.4, 0.5) is 5.69 Å². The van der Waals surface area contributed by atoms with Gasteiger partial charge in [0, 0.05) is 37.1 Å². The van der Waals surface area contributed by atoms with E-state index in [0.29, 0.717) is 24.2 Å². The Hall–Kier alpha value is -2.45. The van der Waals surface area contributed by atoms with Crippen LogP contribution in [-0.2, 0) is 17.9 Å². The molecule has 0 spiro atoms. The van der Waals surface area contributed by atoms with Crippen LogP contribution in [0.3, 0.4) is 0 Å². The van der Waals surface area contributed by atoms with Crippen molar-refractivity contribution < 1.29 is 9.90 Å². The number of fused-ring (bicyclic) bond motifs is 3. The van der Waals surface area contributed by atoms with E-state index in [1.165, 1.54) is 0 Å². The summed E-state index contributed by atoms with van der Waals surface area (Å²) in [6.07, 6.45) is 4.04. The number of aromatic hydroxyl groups is 1. The lowest BCUT2D eigenvalue weighted by atomic mass is 9.75. The number of rotatable bonds is 6. The number of nitrogens with zero attached hydrogens (tertiary/aromatic N) is 4. The Morgan fingerprint density at radius 2 is 2.30 bits per heavy atom. The van der Waals surface area contributed by atoms with Crippen LogP contribution in [0.2, 0.25) is 0 Å². The van der Waals surface area contributed by atoms with Gasteiger partial charge in [-0.3, -0.25) is 14.4 Å². The lowest BCUT2D eigenvalue weighted by Crippen LogP contribution is -2.57. The van der Waals surface area contributed by atoms with E-state index < -0.39 is 0 Å². The van der Waals surface area contributed by atoms with E-state index in [0.717, 1.165) is 38.2 Å². The van der Waals surface area contributed by atoms with Crippen LogP contribution in [0.1, 0.15) is 18.5 Å². The third kappa shape index (κ3) is 3.96. The van der Waals surface area contributed by atoms with Gasteiger partial charge in [0.1, 0.15) is 5.75 Å². The van der Waals surface area contributed by atoms with Crippen molar-refractivity contribution in [3.63, 3.8) is 0 Å². The van der Waals surface area contributed by atoms with E-state index in [4.69, 9.17) is 0 Å². The zero-order valence-corrected chi connectivity index (χ0v) is 15.5. The van der Waals surface area contributed by atoms with Gasteiger partial charge in [0.05, 0.1) is 18.2 Å². The van der Waals surface area contributed by atoms with Gasteiger partial charge in [0.15, 0.2) is 0 Å². The molecule has 2 bridgehead atoms. The Morgan fingerprint density at radius 1 is 1.41 bits per heavy atom. The standard InChI is InChI=1S/C19H26N6O2/c1-20-9-15-10-25(23-22-15)11-16-7-13-5-6-24(16)12-18(13)19(27)21-14-3-2-4-17(26)8-14/h2-4,8,10,13,16,18,20,26H,5-7,9,11-12H2,1H3,(H,21,27)/t13?,16-,18+/m1/s1. The summed E-state index contributed by atoms with van der Waals surface area (Å²) in [6.45, 7) is 3.34. The second-order valence-corrected chi connectivity index (χ2v) is 7.54. The molecule has 1 aromatic carbocycles. The summed E-state index contributed by atoms with van der Waals surface area (Å²) < 4.78 is 1.92. The number of anilines is 1. The highest BCUT2D eigenvalue weighted by atomic mass is 16.3. The summed E-state index contributed by atoms with van der Waals surface area (Å²) in [6, 6.07) is 7.11. The van der Waals surface area contributed by atoms with E-state index in [-0.39, 0.29) is 17.6 Å². The Balaban J connectivity index is 1.37. The van der Waals surface area contributed by atoms with Gasteiger partial charge in [-0.05, 0) is 44.5 Å². The van der Waals surface area contributed by atoms with E-state index >= 15 is 0 Å². The number of aromatic nitrogens is 3. The molecule has 0 radical (unpaired) electrons. The molecule has 3 fully saturated rings. The third-order valence-corrected chi connectivity index (χ3v) is 5.67. The predicted octanol–water partition coefficient (Wildman–Crippen LogP) is 1.05. The first kappa shape index (κ1) is 17.9. The minimum atomic E-state index is -0.00653. The van der Waals surface area contributed by atoms with Gasteiger partial charge in [-0.25, -0.2) is 0 Å². The molecule has 3 aliphatic rings. The molecule has 4 heterocycles. The van der Waals surface area contributed by atoms with Crippen LogP contribution in [0.15, 0.2) is 30.5 Å². The number of phenolic OH excluding ortho intramolecular Hbond substituents is 1. The summed E-state index contributed by atoms with van der Waals surface area (Å²) in [7, 11) is 1.90. The van der Waals surface area contributed by atoms with Gasteiger partial charge in [-0.2, -0.15) is 0 Å². The lowest BCUT2D eigenvalue weighted by molar-refractivity contribution is -0.127. The van der Waals surface area contributed by atoms with Crippen molar-refractivity contribution in [2.45, 2.75) is 32.0 Å². The summed E-state index contributed by atoms with van der Waals surface area (Å²) in [5.41, 5.74) is 1.59. The normalized spacial score (nSPS) is 26.9. The topological polar surface area (TPSA) is 95.3 Å². The molecule has 8 nitrogen and oxygen atoms in total. The quantitative estimate of drug-likeness (QED) is 0.704. The largest absolute Gasteiger partial charge is 0.508 e. The molecule has 3 N–H and O–H groups in total. The summed E-state index contributed by atoms with van der Waals surface area (Å²) >= 11 is 0. The number of hydrogen-bond donors (Lipinski definition) is 3. The van der Waals surface area contributed by atoms with Crippen molar-refractivity contribution >= 4 is 11.6 Å². The number of benzene rings is 1. The minimum absolute atomic E-state index is 0.00653. The molecule has 3 aliphatic heterocycles. The Bertz CT molecular complexity index is 807. The predicted molar refractivity (Wildman–Crippen MR) is 101 cm³/mol. The molecule has 0 aliphatic carbocycles. The maximum absolute atomic E-state index is 12.8. The molecule has 2 aromatic rings. The van der Waals surface area contributed by atoms with Gasteiger partial charge in [0.2, 0.25) is 5.91 Å². The molecule has 2 unspecified atom stereocenters. The minimum Gasteiger partial charge on any atom is -0.508 e. The summed E-state index contributed by atoms with van der Waals surface area (Å²) in [5, 5.41) is 24.0. The first-order valence-corrected chi connectivity index (χ1v) is 9.50. The monoisotopic (exact) mass is 370 g/mol. The number of amides is 1. The Morgan fingerprint density at radius 3 is 3.04 bits per heavy atom. The molecule has 0 saturated carbocycles. The molecular weight excluding hydrogens is 344 g/mol. The fourth-order valence-corrected chi connectivity index (χ4v) is 4.35. The van der Waals surface area contributed by atoms with Gasteiger partial charge in [0.25, 0.3) is 0 Å². The number of piperidine rings is 3. The van der Waals surface area contributed by atoms with Gasteiger partial charge >= 0.3 is 0 Å². The van der Waals surface area contributed by atoms with Crippen molar-refractivity contribution in [1.82, 2.24) is 25.2 Å². The van der Waals surface area contributed by atoms with Crippen molar-refractivity contribution in [3.05, 3.63) is 36.2 Å². The SMILES string of the molecule is CNCc1cn(C[C@H]2CC3CCN2C[C@@H]3C(=O)Nc2cccc(O)c2)nn1. The number of carbonyl (C=O) groups excluding carboxylic acids is 1. The van der Waals surface area contributed by atoms with Crippen LogP contribution >= 0.6 is 0 Å². The molecule has 3 saturated heterocycles. The summed E-state index contributed by atoms with van der Waals surface area (Å²) in [5.74, 6) is 0.587. The average molecular weight is 370 g/mol. The van der Waals surface area contributed by atoms with Crippen LogP contribution in [0, 0.1) is 11.8 Å². The zero-order chi connectivity index (χ0) is 18.8. The third-order valence-electron chi connectivity index (χ3n) is 5.67. The first-order chi connectivity index (χ1) is 13.1. The van der Waals surface area contributed by atoms with Crippen LogP contribution < -0.4 is 10.6 Å². The van der Waals surface area contributed by atoms with Crippen molar-refractivity contribution in [1.29, 1.82) is 0 Å². The number of carbonyl (C=O) groups is 1. The Labute approximate surface area is 158 Å². The van der Waals surface area contributed by atoms with E-state index in [1.807, 2.05) is 17.9 Å². The van der Waals surface area contributed by atoms with Crippen molar-refractivity contribution in [3.8, 4) is 5.75 Å². The fraction of sp³-hybridized carbons (Fsp3) is 0.526. The van der Waals surface area contributed by atoms with E-state index in [9.17, 15) is 9.90 Å². The van der Waals surface area contributed by atoms with Crippen LogP contribution in [0.25, 0.3) is 0 Å². The van der Waals surface area contributed by atoms with Crippen LogP contribution in [0.5, 0.6) is 5.75 Å². The van der Waals surface area contributed by atoms with Gasteiger partial charge in [-0.15, -0.1) is 5.10 Å². The van der Waals surface area contributed by atoms with Crippen molar-refractivity contribution in [2.24, 2.45) is 11.8 Å². The highest BCUT2D eigenvalue weighted by Gasteiger charge is 2.43. The van der Waals surface area contributed by atoms with Crippen molar-refractivity contribution in [2.75, 3.05) is 25.5 Å². The fourth-order valence-electron chi connectivity index (χ4n) is 4.35. The molecule has 1 aromatic heterocycles. The number of hydrogen-bond acceptors (Lipinski definition) is 6. The van der Waals surface area contributed by atoms with Gasteiger partial charge < -0.3 is 15.7 Å². The molecule has 5 rings (SSSR count). The average Bonchev–Trinajstić information content (AvgIpc) is 3.09. The van der Waals surface area contributed by atoms with Crippen LogP contribution in [-0.4, -0.2) is 57.1 Å². The molecule has 144 valence electrons.